The van der Waals surface area contributed by atoms with Crippen LogP contribution in [-0.4, -0.2) is 19.7 Å². The summed E-state index contributed by atoms with van der Waals surface area (Å²) in [6, 6.07) is 6.06. The fourth-order valence-electron chi connectivity index (χ4n) is 1.79. The van der Waals surface area contributed by atoms with Crippen molar-refractivity contribution < 1.29 is 4.39 Å². The van der Waals surface area contributed by atoms with Gasteiger partial charge in [0.05, 0.1) is 11.9 Å². The van der Waals surface area contributed by atoms with Gasteiger partial charge in [-0.1, -0.05) is 0 Å². The first kappa shape index (κ1) is 12.7. The number of nitrogens with zero attached hydrogens (tertiary/aromatic N) is 4. The topological polar surface area (TPSA) is 69.6 Å². The number of nitrogen functional groups attached to an aromatic ring is 1. The second kappa shape index (κ2) is 5.01. The van der Waals surface area contributed by atoms with Crippen LogP contribution in [0.25, 0.3) is 17.2 Å². The van der Waals surface area contributed by atoms with Crippen molar-refractivity contribution in [2.45, 2.75) is 0 Å². The van der Waals surface area contributed by atoms with Crippen LogP contribution >= 0.6 is 15.9 Å². The largest absolute Gasteiger partial charge is 0.396 e. The minimum atomic E-state index is -0.329. The Balaban J connectivity index is 2.10. The van der Waals surface area contributed by atoms with Crippen LogP contribution in [0, 0.1) is 5.82 Å². The van der Waals surface area contributed by atoms with Gasteiger partial charge in [-0.3, -0.25) is 0 Å². The third-order valence-electron chi connectivity index (χ3n) is 2.69. The molecular formula is C13H9BrFN5. The van der Waals surface area contributed by atoms with Crippen LogP contribution in [-0.2, 0) is 0 Å². The number of anilines is 1. The van der Waals surface area contributed by atoms with E-state index in [4.69, 9.17) is 5.73 Å². The van der Waals surface area contributed by atoms with Gasteiger partial charge in [0.1, 0.15) is 11.5 Å². The van der Waals surface area contributed by atoms with E-state index in [1.54, 1.807) is 30.7 Å². The minimum absolute atomic E-state index is 0.329. The molecule has 0 fully saturated rings. The fourth-order valence-corrected chi connectivity index (χ4v) is 2.33. The molecule has 0 aliphatic rings. The highest BCUT2D eigenvalue weighted by Gasteiger charge is 2.13. The summed E-state index contributed by atoms with van der Waals surface area (Å²) in [7, 11) is 0. The number of rotatable bonds is 2. The average Bonchev–Trinajstić information content (AvgIpc) is 2.82. The molecule has 5 nitrogen and oxygen atoms in total. The summed E-state index contributed by atoms with van der Waals surface area (Å²) in [6.07, 6.45) is 4.86. The molecule has 0 unspecified atom stereocenters. The Kier molecular flexibility index (Phi) is 3.19. The normalized spacial score (nSPS) is 10.7. The molecule has 2 aromatic heterocycles. The highest BCUT2D eigenvalue weighted by molar-refractivity contribution is 9.10. The van der Waals surface area contributed by atoms with Crippen LogP contribution in [0.2, 0.25) is 0 Å². The number of hydrogen-bond donors (Lipinski definition) is 1. The Morgan fingerprint density at radius 3 is 2.65 bits per heavy atom. The predicted molar refractivity (Wildman–Crippen MR) is 76.7 cm³/mol. The first-order valence-corrected chi connectivity index (χ1v) is 6.52. The lowest BCUT2D eigenvalue weighted by Gasteiger charge is -2.02. The average molecular weight is 334 g/mol. The second-order valence-electron chi connectivity index (χ2n) is 4.05. The lowest BCUT2D eigenvalue weighted by molar-refractivity contribution is 0.627. The van der Waals surface area contributed by atoms with Gasteiger partial charge in [-0.05, 0) is 40.2 Å². The van der Waals surface area contributed by atoms with E-state index in [2.05, 4.69) is 31.0 Å². The fraction of sp³-hybridized carbons (Fsp3) is 0. The molecule has 100 valence electrons. The number of halogens is 2. The van der Waals surface area contributed by atoms with Gasteiger partial charge in [0.15, 0.2) is 0 Å². The molecule has 0 atom stereocenters. The third kappa shape index (κ3) is 2.27. The highest BCUT2D eigenvalue weighted by Crippen LogP contribution is 2.31. The van der Waals surface area contributed by atoms with Crippen molar-refractivity contribution >= 4 is 21.6 Å². The SMILES string of the molecule is Nc1cn(-c2ncccn2)nc1-c1ccc(F)cc1Br. The Morgan fingerprint density at radius 1 is 1.20 bits per heavy atom. The third-order valence-corrected chi connectivity index (χ3v) is 3.34. The number of nitrogens with two attached hydrogens (primary N) is 1. The molecule has 20 heavy (non-hydrogen) atoms. The van der Waals surface area contributed by atoms with E-state index < -0.39 is 0 Å². The maximum absolute atomic E-state index is 13.1. The lowest BCUT2D eigenvalue weighted by Crippen LogP contribution is -2.00. The van der Waals surface area contributed by atoms with Gasteiger partial charge in [0.25, 0.3) is 5.95 Å². The zero-order valence-electron chi connectivity index (χ0n) is 10.2. The molecule has 7 heteroatoms. The summed E-state index contributed by atoms with van der Waals surface area (Å²) < 4.78 is 15.2. The van der Waals surface area contributed by atoms with Crippen LogP contribution in [0.4, 0.5) is 10.1 Å². The van der Waals surface area contributed by atoms with Crippen molar-refractivity contribution in [1.82, 2.24) is 19.7 Å². The molecule has 3 aromatic rings. The van der Waals surface area contributed by atoms with Gasteiger partial charge in [-0.2, -0.15) is 5.10 Å². The molecule has 1 aromatic carbocycles. The van der Waals surface area contributed by atoms with Gasteiger partial charge in [-0.25, -0.2) is 19.0 Å². The van der Waals surface area contributed by atoms with Crippen LogP contribution in [0.15, 0.2) is 47.3 Å². The van der Waals surface area contributed by atoms with Gasteiger partial charge in [-0.15, -0.1) is 0 Å². The number of aromatic nitrogens is 4. The van der Waals surface area contributed by atoms with E-state index in [0.717, 1.165) is 0 Å². The molecule has 2 N–H and O–H groups in total. The minimum Gasteiger partial charge on any atom is -0.396 e. The van der Waals surface area contributed by atoms with Crippen molar-refractivity contribution in [2.24, 2.45) is 0 Å². The first-order valence-electron chi connectivity index (χ1n) is 5.73. The highest BCUT2D eigenvalue weighted by atomic mass is 79.9. The smallest absolute Gasteiger partial charge is 0.250 e. The lowest BCUT2D eigenvalue weighted by atomic mass is 10.1. The molecule has 0 bridgehead atoms. The van der Waals surface area contributed by atoms with E-state index in [1.165, 1.54) is 16.8 Å². The van der Waals surface area contributed by atoms with Gasteiger partial charge < -0.3 is 5.73 Å². The van der Waals surface area contributed by atoms with Crippen molar-refractivity contribution in [2.75, 3.05) is 5.73 Å². The van der Waals surface area contributed by atoms with E-state index in [9.17, 15) is 4.39 Å². The molecule has 0 aliphatic heterocycles. The summed E-state index contributed by atoms with van der Waals surface area (Å²) in [6.45, 7) is 0. The number of hydrogen-bond acceptors (Lipinski definition) is 4. The summed E-state index contributed by atoms with van der Waals surface area (Å²) in [5.41, 5.74) is 7.68. The predicted octanol–water partition coefficient (Wildman–Crippen LogP) is 2.81. The summed E-state index contributed by atoms with van der Waals surface area (Å²) in [4.78, 5) is 8.19. The molecule has 2 heterocycles. The molecule has 0 saturated carbocycles. The summed E-state index contributed by atoms with van der Waals surface area (Å²) >= 11 is 3.31. The van der Waals surface area contributed by atoms with Crippen molar-refractivity contribution in [3.63, 3.8) is 0 Å². The molecular weight excluding hydrogens is 325 g/mol. The van der Waals surface area contributed by atoms with Gasteiger partial charge in [0.2, 0.25) is 0 Å². The standard InChI is InChI=1S/C13H9BrFN5/c14-10-6-8(15)2-3-9(10)12-11(16)7-20(19-12)13-17-4-1-5-18-13/h1-7H,16H2. The molecule has 0 spiro atoms. The van der Waals surface area contributed by atoms with Crippen LogP contribution < -0.4 is 5.73 Å². The van der Waals surface area contributed by atoms with E-state index >= 15 is 0 Å². The van der Waals surface area contributed by atoms with Crippen LogP contribution in [0.3, 0.4) is 0 Å². The Morgan fingerprint density at radius 2 is 1.95 bits per heavy atom. The van der Waals surface area contributed by atoms with Gasteiger partial charge in [0, 0.05) is 22.4 Å². The van der Waals surface area contributed by atoms with Gasteiger partial charge >= 0.3 is 0 Å². The first-order chi connectivity index (χ1) is 9.65. The van der Waals surface area contributed by atoms with Crippen LogP contribution in [0.1, 0.15) is 0 Å². The second-order valence-corrected chi connectivity index (χ2v) is 4.90. The van der Waals surface area contributed by atoms with E-state index in [0.29, 0.717) is 27.4 Å². The zero-order valence-corrected chi connectivity index (χ0v) is 11.7. The molecule has 0 saturated heterocycles. The maximum Gasteiger partial charge on any atom is 0.250 e. The van der Waals surface area contributed by atoms with Crippen LogP contribution in [0.5, 0.6) is 0 Å². The molecule has 0 amide bonds. The Hall–Kier alpha value is -2.28. The summed E-state index contributed by atoms with van der Waals surface area (Å²) in [5.74, 6) is 0.0914. The Labute approximate surface area is 122 Å². The monoisotopic (exact) mass is 333 g/mol. The molecule has 0 radical (unpaired) electrons. The van der Waals surface area contributed by atoms with Crippen molar-refractivity contribution in [1.29, 1.82) is 0 Å². The van der Waals surface area contributed by atoms with Crippen molar-refractivity contribution in [3.05, 3.63) is 53.1 Å². The van der Waals surface area contributed by atoms with Crippen molar-refractivity contribution in [3.8, 4) is 17.2 Å². The maximum atomic E-state index is 13.1. The number of benzene rings is 1. The van der Waals surface area contributed by atoms with E-state index in [1.807, 2.05) is 0 Å². The summed E-state index contributed by atoms with van der Waals surface area (Å²) in [5, 5.41) is 4.35. The zero-order chi connectivity index (χ0) is 14.1. The van der Waals surface area contributed by atoms with E-state index in [-0.39, 0.29) is 5.82 Å². The Bertz CT molecular complexity index is 757. The quantitative estimate of drug-likeness (QED) is 0.782. The molecule has 3 rings (SSSR count). The molecule has 0 aliphatic carbocycles.